The molecular weight excluding hydrogens is 281 g/mol. The number of nitrogens with two attached hydrogens (primary N) is 1. The maximum absolute atomic E-state index is 12.9. The molecule has 6 heteroatoms. The van der Waals surface area contributed by atoms with Crippen LogP contribution >= 0.6 is 0 Å². The summed E-state index contributed by atoms with van der Waals surface area (Å²) in [7, 11) is 1.70. The van der Waals surface area contributed by atoms with Gasteiger partial charge in [0, 0.05) is 25.0 Å². The zero-order chi connectivity index (χ0) is 15.6. The summed E-state index contributed by atoms with van der Waals surface area (Å²) >= 11 is 0. The Morgan fingerprint density at radius 2 is 1.76 bits per heavy atom. The summed E-state index contributed by atoms with van der Waals surface area (Å²) in [5.41, 5.74) is 6.07. The molecule has 21 heavy (non-hydrogen) atoms. The molecule has 4 unspecified atom stereocenters. The lowest BCUT2D eigenvalue weighted by atomic mass is 9.79. The molecule has 0 saturated heterocycles. The largest absolute Gasteiger partial charge is 0.391 e. The highest BCUT2D eigenvalue weighted by Gasteiger charge is 2.44. The second-order valence-corrected chi connectivity index (χ2v) is 6.57. The van der Waals surface area contributed by atoms with Gasteiger partial charge in [-0.3, -0.25) is 4.79 Å². The van der Waals surface area contributed by atoms with Gasteiger partial charge in [-0.1, -0.05) is 19.3 Å². The molecule has 3 nitrogen and oxygen atoms in total. The second kappa shape index (κ2) is 6.55. The first kappa shape index (κ1) is 16.6. The first-order valence-corrected chi connectivity index (χ1v) is 7.89. The van der Waals surface area contributed by atoms with Gasteiger partial charge in [-0.2, -0.15) is 13.2 Å². The van der Waals surface area contributed by atoms with E-state index >= 15 is 0 Å². The molecule has 2 aliphatic rings. The Morgan fingerprint density at radius 3 is 2.38 bits per heavy atom. The second-order valence-electron chi connectivity index (χ2n) is 6.57. The Balaban J connectivity index is 1.98. The van der Waals surface area contributed by atoms with Crippen LogP contribution in [0.25, 0.3) is 0 Å². The van der Waals surface area contributed by atoms with Crippen molar-refractivity contribution >= 4 is 5.91 Å². The van der Waals surface area contributed by atoms with Gasteiger partial charge in [0.25, 0.3) is 0 Å². The third kappa shape index (κ3) is 3.90. The van der Waals surface area contributed by atoms with E-state index in [0.29, 0.717) is 12.8 Å². The molecule has 2 rings (SSSR count). The Labute approximate surface area is 124 Å². The van der Waals surface area contributed by atoms with Gasteiger partial charge in [-0.25, -0.2) is 0 Å². The molecule has 1 amide bonds. The zero-order valence-electron chi connectivity index (χ0n) is 12.5. The first-order valence-electron chi connectivity index (χ1n) is 7.89. The molecule has 0 aromatic carbocycles. The van der Waals surface area contributed by atoms with Crippen LogP contribution in [-0.4, -0.2) is 36.1 Å². The maximum Gasteiger partial charge on any atom is 0.391 e. The van der Waals surface area contributed by atoms with Gasteiger partial charge in [0.05, 0.1) is 5.92 Å². The zero-order valence-corrected chi connectivity index (χ0v) is 12.5. The number of hydrogen-bond donors (Lipinski definition) is 1. The number of alkyl halides is 3. The molecule has 2 N–H and O–H groups in total. The molecule has 0 radical (unpaired) electrons. The number of amides is 1. The molecule has 0 aromatic heterocycles. The minimum Gasteiger partial charge on any atom is -0.341 e. The van der Waals surface area contributed by atoms with Crippen molar-refractivity contribution in [1.29, 1.82) is 0 Å². The highest BCUT2D eigenvalue weighted by atomic mass is 19.4. The van der Waals surface area contributed by atoms with E-state index < -0.39 is 18.0 Å². The van der Waals surface area contributed by atoms with E-state index in [1.54, 1.807) is 11.9 Å². The number of likely N-dealkylation sites (N-methyl/N-ethyl adjacent to an activating group) is 1. The fourth-order valence-corrected chi connectivity index (χ4v) is 3.78. The summed E-state index contributed by atoms with van der Waals surface area (Å²) in [6.07, 6.45) is 0.804. The summed E-state index contributed by atoms with van der Waals surface area (Å²) in [5, 5.41) is 0. The molecule has 0 aliphatic heterocycles. The van der Waals surface area contributed by atoms with Crippen LogP contribution in [0.15, 0.2) is 0 Å². The van der Waals surface area contributed by atoms with E-state index in [9.17, 15) is 18.0 Å². The molecule has 2 fully saturated rings. The molecule has 0 aromatic rings. The maximum atomic E-state index is 12.9. The number of hydrogen-bond acceptors (Lipinski definition) is 2. The van der Waals surface area contributed by atoms with E-state index in [0.717, 1.165) is 25.7 Å². The SMILES string of the molecule is CN(C(=O)C1CCCC(C(F)(F)F)C1)C1CCCCC1N. The van der Waals surface area contributed by atoms with Gasteiger partial charge in [-0.05, 0) is 32.1 Å². The van der Waals surface area contributed by atoms with Gasteiger partial charge in [0.2, 0.25) is 5.91 Å². The van der Waals surface area contributed by atoms with Crippen LogP contribution in [0.4, 0.5) is 13.2 Å². The normalized spacial score (nSPS) is 34.5. The number of carbonyl (C=O) groups excluding carboxylic acids is 1. The monoisotopic (exact) mass is 306 g/mol. The topological polar surface area (TPSA) is 46.3 Å². The Kier molecular flexibility index (Phi) is 5.17. The van der Waals surface area contributed by atoms with Gasteiger partial charge in [0.1, 0.15) is 0 Å². The van der Waals surface area contributed by atoms with Gasteiger partial charge >= 0.3 is 6.18 Å². The van der Waals surface area contributed by atoms with Crippen molar-refractivity contribution in [2.24, 2.45) is 17.6 Å². The van der Waals surface area contributed by atoms with Crippen molar-refractivity contribution in [2.75, 3.05) is 7.05 Å². The summed E-state index contributed by atoms with van der Waals surface area (Å²) < 4.78 is 38.6. The smallest absolute Gasteiger partial charge is 0.341 e. The lowest BCUT2D eigenvalue weighted by molar-refractivity contribution is -0.187. The van der Waals surface area contributed by atoms with Crippen molar-refractivity contribution < 1.29 is 18.0 Å². The van der Waals surface area contributed by atoms with Crippen molar-refractivity contribution in [2.45, 2.75) is 69.6 Å². The van der Waals surface area contributed by atoms with E-state index in [1.165, 1.54) is 0 Å². The predicted octanol–water partition coefficient (Wildman–Crippen LogP) is 3.08. The number of carbonyl (C=O) groups is 1. The molecule has 2 saturated carbocycles. The Morgan fingerprint density at radius 1 is 1.10 bits per heavy atom. The van der Waals surface area contributed by atoms with Gasteiger partial charge in [0.15, 0.2) is 0 Å². The minimum atomic E-state index is -4.18. The first-order chi connectivity index (χ1) is 9.80. The Bertz CT molecular complexity index is 372. The van der Waals surface area contributed by atoms with Crippen molar-refractivity contribution in [3.63, 3.8) is 0 Å². The summed E-state index contributed by atoms with van der Waals surface area (Å²) in [6, 6.07) is -0.0628. The van der Waals surface area contributed by atoms with E-state index in [-0.39, 0.29) is 30.8 Å². The number of rotatable bonds is 2. The van der Waals surface area contributed by atoms with E-state index in [4.69, 9.17) is 5.73 Å². The van der Waals surface area contributed by atoms with Crippen LogP contribution in [0.1, 0.15) is 51.4 Å². The average Bonchev–Trinajstić information content (AvgIpc) is 2.45. The van der Waals surface area contributed by atoms with Crippen LogP contribution in [-0.2, 0) is 4.79 Å². The van der Waals surface area contributed by atoms with E-state index in [2.05, 4.69) is 0 Å². The van der Waals surface area contributed by atoms with Crippen LogP contribution in [0.3, 0.4) is 0 Å². The van der Waals surface area contributed by atoms with E-state index in [1.807, 2.05) is 0 Å². The molecule has 4 atom stereocenters. The summed E-state index contributed by atoms with van der Waals surface area (Å²) in [4.78, 5) is 14.2. The highest BCUT2D eigenvalue weighted by Crippen LogP contribution is 2.40. The van der Waals surface area contributed by atoms with Gasteiger partial charge < -0.3 is 10.6 Å². The quantitative estimate of drug-likeness (QED) is 0.852. The molecule has 0 bridgehead atoms. The Hall–Kier alpha value is -0.780. The fourth-order valence-electron chi connectivity index (χ4n) is 3.78. The predicted molar refractivity (Wildman–Crippen MR) is 74.5 cm³/mol. The minimum absolute atomic E-state index is 0.0162. The highest BCUT2D eigenvalue weighted by molar-refractivity contribution is 5.79. The van der Waals surface area contributed by atoms with Gasteiger partial charge in [-0.15, -0.1) is 0 Å². The van der Waals surface area contributed by atoms with Crippen LogP contribution in [0.5, 0.6) is 0 Å². The van der Waals surface area contributed by atoms with Crippen LogP contribution in [0, 0.1) is 11.8 Å². The molecular formula is C15H25F3N2O. The lowest BCUT2D eigenvalue weighted by Gasteiger charge is -2.39. The fraction of sp³-hybridized carbons (Fsp3) is 0.933. The van der Waals surface area contributed by atoms with Crippen molar-refractivity contribution in [1.82, 2.24) is 4.90 Å². The van der Waals surface area contributed by atoms with Crippen molar-refractivity contribution in [3.8, 4) is 0 Å². The molecule has 2 aliphatic carbocycles. The number of nitrogens with zero attached hydrogens (tertiary/aromatic N) is 1. The molecule has 0 spiro atoms. The molecule has 122 valence electrons. The van der Waals surface area contributed by atoms with Crippen LogP contribution < -0.4 is 5.73 Å². The van der Waals surface area contributed by atoms with Crippen LogP contribution in [0.2, 0.25) is 0 Å². The standard InChI is InChI=1S/C15H25F3N2O/c1-20(13-8-3-2-7-12(13)19)14(21)10-5-4-6-11(9-10)15(16,17)18/h10-13H,2-9,19H2,1H3. The summed E-state index contributed by atoms with van der Waals surface area (Å²) in [5.74, 6) is -1.97. The average molecular weight is 306 g/mol. The third-order valence-corrected chi connectivity index (χ3v) is 5.11. The lowest BCUT2D eigenvalue weighted by Crippen LogP contribution is -2.52. The third-order valence-electron chi connectivity index (χ3n) is 5.11. The van der Waals surface area contributed by atoms with Crippen molar-refractivity contribution in [3.05, 3.63) is 0 Å². The summed E-state index contributed by atoms with van der Waals surface area (Å²) in [6.45, 7) is 0. The molecule has 0 heterocycles. The number of halogens is 3.